The van der Waals surface area contributed by atoms with Crippen molar-refractivity contribution in [1.29, 1.82) is 0 Å². The number of nitrogens with zero attached hydrogens (tertiary/aromatic N) is 1. The molecule has 14 heavy (non-hydrogen) atoms. The Balaban J connectivity index is 2.71. The Morgan fingerprint density at radius 3 is 2.86 bits per heavy atom. The minimum absolute atomic E-state index is 0.197. The van der Waals surface area contributed by atoms with Crippen LogP contribution in [0, 0.1) is 10.1 Å². The molecule has 1 heterocycles. The molecule has 0 spiro atoms. The van der Waals surface area contributed by atoms with Crippen molar-refractivity contribution < 1.29 is 14.8 Å². The van der Waals surface area contributed by atoms with Crippen molar-refractivity contribution in [3.8, 4) is 0 Å². The van der Waals surface area contributed by atoms with Crippen molar-refractivity contribution in [3.05, 3.63) is 32.5 Å². The molecule has 0 unspecified atom stereocenters. The van der Waals surface area contributed by atoms with E-state index in [1.807, 2.05) is 0 Å². The van der Waals surface area contributed by atoms with E-state index in [-0.39, 0.29) is 13.0 Å². The average molecular weight is 215 g/mol. The Labute approximate surface area is 84.1 Å². The quantitative estimate of drug-likeness (QED) is 0.597. The second-order valence-corrected chi connectivity index (χ2v) is 3.65. The lowest BCUT2D eigenvalue weighted by atomic mass is 9.99. The maximum atomic E-state index is 10.5. The molecule has 0 amide bonds. The van der Waals surface area contributed by atoms with E-state index in [1.165, 1.54) is 11.3 Å². The Bertz CT molecular complexity index is 306. The van der Waals surface area contributed by atoms with Gasteiger partial charge in [0.05, 0.1) is 12.3 Å². The second kappa shape index (κ2) is 4.71. The predicted molar refractivity (Wildman–Crippen MR) is 51.2 cm³/mol. The first-order chi connectivity index (χ1) is 6.59. The van der Waals surface area contributed by atoms with Crippen LogP contribution in [0.5, 0.6) is 0 Å². The highest BCUT2D eigenvalue weighted by Crippen LogP contribution is 2.22. The van der Waals surface area contributed by atoms with E-state index in [2.05, 4.69) is 0 Å². The van der Waals surface area contributed by atoms with Gasteiger partial charge in [0.25, 0.3) is 0 Å². The molecule has 0 aliphatic carbocycles. The SMILES string of the molecule is O=C(O)C[C@H](C[N+](=O)[O-])c1ccsc1. The number of rotatable bonds is 5. The van der Waals surface area contributed by atoms with Crippen LogP contribution in [-0.2, 0) is 4.79 Å². The first-order valence-corrected chi connectivity index (χ1v) is 4.89. The number of aliphatic carboxylic acids is 1. The summed E-state index contributed by atoms with van der Waals surface area (Å²) in [7, 11) is 0. The monoisotopic (exact) mass is 215 g/mol. The zero-order chi connectivity index (χ0) is 10.6. The molecular weight excluding hydrogens is 206 g/mol. The Morgan fingerprint density at radius 2 is 2.43 bits per heavy atom. The highest BCUT2D eigenvalue weighted by atomic mass is 32.1. The Kier molecular flexibility index (Phi) is 3.58. The molecule has 0 saturated heterocycles. The Hall–Kier alpha value is -1.43. The summed E-state index contributed by atoms with van der Waals surface area (Å²) in [6.45, 7) is -0.330. The van der Waals surface area contributed by atoms with Gasteiger partial charge in [0.1, 0.15) is 0 Å². The van der Waals surface area contributed by atoms with Crippen LogP contribution in [0.2, 0.25) is 0 Å². The van der Waals surface area contributed by atoms with Gasteiger partial charge in [-0.1, -0.05) is 0 Å². The molecule has 1 N–H and O–H groups in total. The first kappa shape index (κ1) is 10.6. The maximum absolute atomic E-state index is 10.5. The summed E-state index contributed by atoms with van der Waals surface area (Å²) in [5, 5.41) is 22.4. The summed E-state index contributed by atoms with van der Waals surface area (Å²) in [5.74, 6) is -1.53. The summed E-state index contributed by atoms with van der Waals surface area (Å²) in [6.07, 6.45) is -0.197. The molecule has 0 fully saturated rings. The first-order valence-electron chi connectivity index (χ1n) is 3.95. The molecule has 1 rings (SSSR count). The molecule has 76 valence electrons. The standard InChI is InChI=1S/C8H9NO4S/c10-8(11)3-7(4-9(12)13)6-1-2-14-5-6/h1-2,5,7H,3-4H2,(H,10,11)/t7-/m1/s1. The fourth-order valence-electron chi connectivity index (χ4n) is 1.19. The molecule has 0 bridgehead atoms. The van der Waals surface area contributed by atoms with Crippen LogP contribution in [0.25, 0.3) is 0 Å². The van der Waals surface area contributed by atoms with Gasteiger partial charge in [0, 0.05) is 4.92 Å². The van der Waals surface area contributed by atoms with E-state index >= 15 is 0 Å². The van der Waals surface area contributed by atoms with E-state index < -0.39 is 16.8 Å². The van der Waals surface area contributed by atoms with Gasteiger partial charge in [0.2, 0.25) is 6.54 Å². The van der Waals surface area contributed by atoms with Crippen LogP contribution >= 0.6 is 11.3 Å². The van der Waals surface area contributed by atoms with Crippen LogP contribution in [0.1, 0.15) is 17.9 Å². The second-order valence-electron chi connectivity index (χ2n) is 2.87. The van der Waals surface area contributed by atoms with Gasteiger partial charge in [-0.2, -0.15) is 11.3 Å². The third kappa shape index (κ3) is 3.14. The summed E-state index contributed by atoms with van der Waals surface area (Å²) >= 11 is 1.41. The predicted octanol–water partition coefficient (Wildman–Crippen LogP) is 1.58. The number of carbonyl (C=O) groups is 1. The van der Waals surface area contributed by atoms with E-state index in [1.54, 1.807) is 16.8 Å². The van der Waals surface area contributed by atoms with Crippen LogP contribution in [-0.4, -0.2) is 22.5 Å². The number of hydrogen-bond acceptors (Lipinski definition) is 4. The summed E-state index contributed by atoms with van der Waals surface area (Å²) in [4.78, 5) is 20.3. The fourth-order valence-corrected chi connectivity index (χ4v) is 1.93. The van der Waals surface area contributed by atoms with Gasteiger partial charge < -0.3 is 5.11 Å². The molecule has 6 heteroatoms. The minimum atomic E-state index is -1.01. The lowest BCUT2D eigenvalue weighted by Crippen LogP contribution is -2.15. The largest absolute Gasteiger partial charge is 0.481 e. The van der Waals surface area contributed by atoms with E-state index in [9.17, 15) is 14.9 Å². The highest BCUT2D eigenvalue weighted by Gasteiger charge is 2.21. The fraction of sp³-hybridized carbons (Fsp3) is 0.375. The normalized spacial score (nSPS) is 12.3. The van der Waals surface area contributed by atoms with E-state index in [0.717, 1.165) is 5.56 Å². The molecule has 0 aliphatic rings. The van der Waals surface area contributed by atoms with Gasteiger partial charge >= 0.3 is 5.97 Å². The Morgan fingerprint density at radius 1 is 1.71 bits per heavy atom. The van der Waals surface area contributed by atoms with Gasteiger partial charge in [-0.3, -0.25) is 14.9 Å². The minimum Gasteiger partial charge on any atom is -0.481 e. The van der Waals surface area contributed by atoms with Crippen molar-refractivity contribution >= 4 is 17.3 Å². The van der Waals surface area contributed by atoms with Gasteiger partial charge in [-0.25, -0.2) is 0 Å². The van der Waals surface area contributed by atoms with Crippen molar-refractivity contribution in [2.45, 2.75) is 12.3 Å². The van der Waals surface area contributed by atoms with Crippen molar-refractivity contribution in [2.75, 3.05) is 6.54 Å². The van der Waals surface area contributed by atoms with Crippen LogP contribution in [0.3, 0.4) is 0 Å². The third-order valence-electron chi connectivity index (χ3n) is 1.81. The van der Waals surface area contributed by atoms with Crippen LogP contribution in [0.15, 0.2) is 16.8 Å². The van der Waals surface area contributed by atoms with Crippen molar-refractivity contribution in [2.24, 2.45) is 0 Å². The van der Waals surface area contributed by atoms with E-state index in [4.69, 9.17) is 5.11 Å². The molecule has 1 atom stereocenters. The average Bonchev–Trinajstić information content (AvgIpc) is 2.52. The highest BCUT2D eigenvalue weighted by molar-refractivity contribution is 7.07. The lowest BCUT2D eigenvalue weighted by molar-refractivity contribution is -0.483. The van der Waals surface area contributed by atoms with Gasteiger partial charge in [-0.05, 0) is 22.4 Å². The van der Waals surface area contributed by atoms with Gasteiger partial charge in [-0.15, -0.1) is 0 Å². The van der Waals surface area contributed by atoms with Crippen molar-refractivity contribution in [3.63, 3.8) is 0 Å². The molecule has 5 nitrogen and oxygen atoms in total. The topological polar surface area (TPSA) is 80.4 Å². The molecule has 0 radical (unpaired) electrons. The zero-order valence-corrected chi connectivity index (χ0v) is 8.07. The number of carboxylic acids is 1. The molecule has 0 saturated carbocycles. The van der Waals surface area contributed by atoms with Crippen LogP contribution < -0.4 is 0 Å². The third-order valence-corrected chi connectivity index (χ3v) is 2.51. The lowest BCUT2D eigenvalue weighted by Gasteiger charge is -2.07. The number of hydrogen-bond donors (Lipinski definition) is 1. The van der Waals surface area contributed by atoms with E-state index in [0.29, 0.717) is 0 Å². The smallest absolute Gasteiger partial charge is 0.304 e. The van der Waals surface area contributed by atoms with Gasteiger partial charge in [0.15, 0.2) is 0 Å². The van der Waals surface area contributed by atoms with Crippen LogP contribution in [0.4, 0.5) is 0 Å². The number of thiophene rings is 1. The summed E-state index contributed by atoms with van der Waals surface area (Å²) in [6, 6.07) is 1.72. The summed E-state index contributed by atoms with van der Waals surface area (Å²) < 4.78 is 0. The molecule has 1 aromatic rings. The zero-order valence-electron chi connectivity index (χ0n) is 7.25. The number of carboxylic acid groups (broad SMARTS) is 1. The molecule has 0 aliphatic heterocycles. The van der Waals surface area contributed by atoms with Crippen molar-refractivity contribution in [1.82, 2.24) is 0 Å². The maximum Gasteiger partial charge on any atom is 0.304 e. The number of nitro groups is 1. The summed E-state index contributed by atoms with van der Waals surface area (Å²) in [5.41, 5.74) is 0.731. The molecule has 1 aromatic heterocycles. The molecular formula is C8H9NO4S. The molecule has 0 aromatic carbocycles.